The van der Waals surface area contributed by atoms with Gasteiger partial charge in [0.05, 0.1) is 23.3 Å². The Balaban J connectivity index is 2.83. The predicted molar refractivity (Wildman–Crippen MR) is 54.2 cm³/mol. The average Bonchev–Trinajstić information content (AvgIpc) is 2.49. The quantitative estimate of drug-likeness (QED) is 0.699. The van der Waals surface area contributed by atoms with E-state index < -0.39 is 0 Å². The SMILES string of the molecule is N#Cc1cc(C#N)c2ccc(O)ccc1-2. The van der Waals surface area contributed by atoms with E-state index in [1.807, 2.05) is 12.1 Å². The topological polar surface area (TPSA) is 67.8 Å². The number of aromatic hydroxyl groups is 1. The first-order valence-electron chi connectivity index (χ1n) is 4.32. The van der Waals surface area contributed by atoms with Crippen molar-refractivity contribution < 1.29 is 5.11 Å². The normalized spacial score (nSPS) is 9.47. The third kappa shape index (κ3) is 1.37. The van der Waals surface area contributed by atoms with Crippen molar-refractivity contribution in [2.75, 3.05) is 0 Å². The first-order valence-corrected chi connectivity index (χ1v) is 4.32. The molecule has 15 heavy (non-hydrogen) atoms. The maximum absolute atomic E-state index is 9.28. The van der Waals surface area contributed by atoms with Crippen LogP contribution in [0, 0.1) is 22.7 Å². The van der Waals surface area contributed by atoms with E-state index in [-0.39, 0.29) is 5.75 Å². The van der Waals surface area contributed by atoms with Crippen LogP contribution in [0.1, 0.15) is 11.1 Å². The van der Waals surface area contributed by atoms with Crippen LogP contribution in [0.3, 0.4) is 0 Å². The third-order valence-corrected chi connectivity index (χ3v) is 2.24. The molecule has 1 N–H and O–H groups in total. The van der Waals surface area contributed by atoms with Crippen molar-refractivity contribution in [3.8, 4) is 29.0 Å². The Morgan fingerprint density at radius 1 is 0.867 bits per heavy atom. The van der Waals surface area contributed by atoms with Crippen LogP contribution in [0.25, 0.3) is 11.1 Å². The summed E-state index contributed by atoms with van der Waals surface area (Å²) in [4.78, 5) is 0. The molecule has 0 radical (unpaired) electrons. The second-order valence-electron chi connectivity index (χ2n) is 3.11. The van der Waals surface area contributed by atoms with Gasteiger partial charge in [-0.1, -0.05) is 0 Å². The summed E-state index contributed by atoms with van der Waals surface area (Å²) < 4.78 is 0. The van der Waals surface area contributed by atoms with E-state index in [1.165, 1.54) is 12.1 Å². The molecule has 0 atom stereocenters. The molecule has 0 aromatic carbocycles. The minimum absolute atomic E-state index is 0.110. The van der Waals surface area contributed by atoms with Crippen molar-refractivity contribution in [3.05, 3.63) is 41.5 Å². The zero-order valence-electron chi connectivity index (χ0n) is 7.73. The van der Waals surface area contributed by atoms with Gasteiger partial charge in [0.15, 0.2) is 0 Å². The zero-order valence-corrected chi connectivity index (χ0v) is 7.73. The Morgan fingerprint density at radius 2 is 1.33 bits per heavy atom. The molecule has 3 nitrogen and oxygen atoms in total. The first kappa shape index (κ1) is 9.05. The van der Waals surface area contributed by atoms with Gasteiger partial charge in [0.25, 0.3) is 0 Å². The Morgan fingerprint density at radius 3 is 1.73 bits per heavy atom. The van der Waals surface area contributed by atoms with Gasteiger partial charge >= 0.3 is 0 Å². The lowest BCUT2D eigenvalue weighted by Gasteiger charge is -1.91. The minimum atomic E-state index is 0.110. The van der Waals surface area contributed by atoms with Gasteiger partial charge in [-0.15, -0.1) is 0 Å². The summed E-state index contributed by atoms with van der Waals surface area (Å²) in [6.07, 6.45) is 0. The number of fused-ring (bicyclic) bond motifs is 1. The van der Waals surface area contributed by atoms with Crippen molar-refractivity contribution >= 4 is 0 Å². The Bertz CT molecular complexity index is 527. The van der Waals surface area contributed by atoms with E-state index in [9.17, 15) is 5.11 Å². The van der Waals surface area contributed by atoms with Crippen LogP contribution in [0.4, 0.5) is 0 Å². The third-order valence-electron chi connectivity index (χ3n) is 2.24. The summed E-state index contributed by atoms with van der Waals surface area (Å²) in [6.45, 7) is 0. The van der Waals surface area contributed by atoms with Crippen molar-refractivity contribution in [3.63, 3.8) is 0 Å². The van der Waals surface area contributed by atoms with Gasteiger partial charge in [0.2, 0.25) is 0 Å². The highest BCUT2D eigenvalue weighted by Gasteiger charge is 2.13. The van der Waals surface area contributed by atoms with E-state index in [0.717, 1.165) is 0 Å². The molecule has 0 aromatic heterocycles. The molecule has 0 aliphatic heterocycles. The first-order chi connectivity index (χ1) is 7.26. The van der Waals surface area contributed by atoms with Crippen LogP contribution in [0.15, 0.2) is 30.3 Å². The fraction of sp³-hybridized carbons (Fsp3) is 0. The lowest BCUT2D eigenvalue weighted by Crippen LogP contribution is -1.72. The van der Waals surface area contributed by atoms with E-state index in [1.54, 1.807) is 18.2 Å². The van der Waals surface area contributed by atoms with Crippen LogP contribution in [-0.4, -0.2) is 5.11 Å². The highest BCUT2D eigenvalue weighted by atomic mass is 16.3. The molecule has 0 bridgehead atoms. The molecule has 0 unspecified atom stereocenters. The lowest BCUT2D eigenvalue weighted by molar-refractivity contribution is 0.476. The molecule has 3 heteroatoms. The molecular weight excluding hydrogens is 188 g/mol. The van der Waals surface area contributed by atoms with Crippen LogP contribution in [0.5, 0.6) is 5.75 Å². The molecule has 70 valence electrons. The summed E-state index contributed by atoms with van der Waals surface area (Å²) >= 11 is 0. The molecule has 0 aromatic rings. The number of rotatable bonds is 0. The molecule has 2 aliphatic rings. The Hall–Kier alpha value is -2.52. The van der Waals surface area contributed by atoms with Crippen LogP contribution >= 0.6 is 0 Å². The molecule has 0 saturated heterocycles. The van der Waals surface area contributed by atoms with Crippen LogP contribution in [0.2, 0.25) is 0 Å². The van der Waals surface area contributed by atoms with Crippen molar-refractivity contribution in [2.45, 2.75) is 0 Å². The summed E-state index contributed by atoms with van der Waals surface area (Å²) in [5.74, 6) is 0.110. The van der Waals surface area contributed by atoms with E-state index in [2.05, 4.69) is 0 Å². The molecule has 0 saturated carbocycles. The van der Waals surface area contributed by atoms with Gasteiger partial charge in [-0.25, -0.2) is 0 Å². The standard InChI is InChI=1S/C12H6N2O/c13-6-8-5-9(7-14)12-4-2-10(15)1-3-11(8)12/h1-5,15H. The fourth-order valence-electron chi connectivity index (χ4n) is 1.53. The zero-order chi connectivity index (χ0) is 10.8. The smallest absolute Gasteiger partial charge is 0.115 e. The van der Waals surface area contributed by atoms with Gasteiger partial charge in [-0.2, -0.15) is 10.5 Å². The van der Waals surface area contributed by atoms with E-state index in [4.69, 9.17) is 10.5 Å². The maximum atomic E-state index is 9.28. The minimum Gasteiger partial charge on any atom is -0.508 e. The number of hydrogen-bond acceptors (Lipinski definition) is 3. The lowest BCUT2D eigenvalue weighted by atomic mass is 10.1. The molecule has 0 spiro atoms. The van der Waals surface area contributed by atoms with Crippen molar-refractivity contribution in [2.24, 2.45) is 0 Å². The van der Waals surface area contributed by atoms with Crippen molar-refractivity contribution in [1.82, 2.24) is 0 Å². The molecule has 2 rings (SSSR count). The maximum Gasteiger partial charge on any atom is 0.115 e. The number of nitrogens with zero attached hydrogens (tertiary/aromatic N) is 2. The number of hydrogen-bond donors (Lipinski definition) is 1. The highest BCUT2D eigenvalue weighted by molar-refractivity contribution is 5.80. The second-order valence-corrected chi connectivity index (χ2v) is 3.11. The number of nitriles is 2. The van der Waals surface area contributed by atoms with E-state index >= 15 is 0 Å². The van der Waals surface area contributed by atoms with E-state index in [0.29, 0.717) is 22.3 Å². The van der Waals surface area contributed by atoms with Crippen molar-refractivity contribution in [1.29, 1.82) is 10.5 Å². The van der Waals surface area contributed by atoms with Crippen LogP contribution in [-0.2, 0) is 0 Å². The monoisotopic (exact) mass is 194 g/mol. The summed E-state index contributed by atoms with van der Waals surface area (Å²) in [5.41, 5.74) is 2.29. The average molecular weight is 194 g/mol. The van der Waals surface area contributed by atoms with Gasteiger partial charge in [0.1, 0.15) is 5.75 Å². The second kappa shape index (κ2) is 3.32. The Labute approximate surface area is 86.8 Å². The van der Waals surface area contributed by atoms with Gasteiger partial charge in [-0.3, -0.25) is 0 Å². The summed E-state index contributed by atoms with van der Waals surface area (Å²) in [7, 11) is 0. The summed E-state index contributed by atoms with van der Waals surface area (Å²) in [6, 6.07) is 11.9. The highest BCUT2D eigenvalue weighted by Crippen LogP contribution is 2.31. The van der Waals surface area contributed by atoms with Crippen LogP contribution < -0.4 is 0 Å². The fourth-order valence-corrected chi connectivity index (χ4v) is 1.53. The summed E-state index contributed by atoms with van der Waals surface area (Å²) in [5, 5.41) is 27.0. The molecule has 0 heterocycles. The molecular formula is C12H6N2O. The van der Waals surface area contributed by atoms with Gasteiger partial charge < -0.3 is 5.11 Å². The largest absolute Gasteiger partial charge is 0.508 e. The molecule has 2 aliphatic carbocycles. The Kier molecular flexibility index (Phi) is 2.00. The van der Waals surface area contributed by atoms with Gasteiger partial charge in [-0.05, 0) is 30.3 Å². The predicted octanol–water partition coefficient (Wildman–Crippen LogP) is 2.24. The van der Waals surface area contributed by atoms with Gasteiger partial charge in [0, 0.05) is 11.1 Å². The molecule has 0 amide bonds. The molecule has 0 fully saturated rings.